The number of carbonyl (C=O) groups excluding carboxylic acids is 1. The van der Waals surface area contributed by atoms with Crippen molar-refractivity contribution in [3.05, 3.63) is 40.2 Å². The molecule has 4 nitrogen and oxygen atoms in total. The zero-order valence-corrected chi connectivity index (χ0v) is 14.9. The maximum absolute atomic E-state index is 13.0. The topological polar surface area (TPSA) is 38.1 Å². The summed E-state index contributed by atoms with van der Waals surface area (Å²) in [4.78, 5) is 14.6. The van der Waals surface area contributed by atoms with E-state index in [4.69, 9.17) is 11.6 Å². The largest absolute Gasteiger partial charge is 0.333 e. The SMILES string of the molecule is O=C(c1ccc2c(c1)c(-c1ccc(Cl)s1)nn2CC(F)F)N1CC(F)C1. The summed E-state index contributed by atoms with van der Waals surface area (Å²) in [5.41, 5.74) is 1.39. The predicted molar refractivity (Wildman–Crippen MR) is 94.9 cm³/mol. The Kier molecular flexibility index (Phi) is 4.40. The molecule has 0 radical (unpaired) electrons. The van der Waals surface area contributed by atoms with Gasteiger partial charge in [0.1, 0.15) is 18.4 Å². The van der Waals surface area contributed by atoms with Crippen LogP contribution in [-0.4, -0.2) is 46.3 Å². The van der Waals surface area contributed by atoms with Crippen molar-refractivity contribution in [1.29, 1.82) is 0 Å². The summed E-state index contributed by atoms with van der Waals surface area (Å²) in [5.74, 6) is -0.280. The summed E-state index contributed by atoms with van der Waals surface area (Å²) in [7, 11) is 0. The predicted octanol–water partition coefficient (Wildman–Crippen LogP) is 4.48. The summed E-state index contributed by atoms with van der Waals surface area (Å²) < 4.78 is 40.6. The molecule has 4 rings (SSSR count). The lowest BCUT2D eigenvalue weighted by atomic mass is 10.1. The van der Waals surface area contributed by atoms with Gasteiger partial charge in [0.05, 0.1) is 27.8 Å². The summed E-state index contributed by atoms with van der Waals surface area (Å²) >= 11 is 7.27. The van der Waals surface area contributed by atoms with Crippen molar-refractivity contribution < 1.29 is 18.0 Å². The molecule has 1 amide bonds. The molecule has 1 aliphatic heterocycles. The van der Waals surface area contributed by atoms with Crippen molar-refractivity contribution >= 4 is 39.7 Å². The van der Waals surface area contributed by atoms with Crippen LogP contribution in [0, 0.1) is 0 Å². The molecule has 3 aromatic rings. The lowest BCUT2D eigenvalue weighted by molar-refractivity contribution is 0.0400. The molecule has 1 fully saturated rings. The van der Waals surface area contributed by atoms with Gasteiger partial charge in [-0.2, -0.15) is 5.10 Å². The van der Waals surface area contributed by atoms with Crippen molar-refractivity contribution in [2.45, 2.75) is 19.1 Å². The third-order valence-corrected chi connectivity index (χ3v) is 5.48. The van der Waals surface area contributed by atoms with Gasteiger partial charge in [-0.1, -0.05) is 11.6 Å². The lowest BCUT2D eigenvalue weighted by Crippen LogP contribution is -2.51. The molecular formula is C17H13ClF3N3OS. The first-order valence-corrected chi connectivity index (χ1v) is 9.09. The number of thiophene rings is 1. The Bertz CT molecular complexity index is 981. The average molecular weight is 400 g/mol. The van der Waals surface area contributed by atoms with Gasteiger partial charge in [-0.15, -0.1) is 11.3 Å². The Hall–Kier alpha value is -2.06. The molecule has 0 N–H and O–H groups in total. The highest BCUT2D eigenvalue weighted by molar-refractivity contribution is 7.19. The number of aromatic nitrogens is 2. The van der Waals surface area contributed by atoms with Gasteiger partial charge < -0.3 is 4.90 Å². The van der Waals surface area contributed by atoms with Crippen LogP contribution >= 0.6 is 22.9 Å². The number of nitrogens with zero attached hydrogens (tertiary/aromatic N) is 3. The van der Waals surface area contributed by atoms with Gasteiger partial charge in [0.25, 0.3) is 12.3 Å². The number of hydrogen-bond acceptors (Lipinski definition) is 3. The third-order valence-electron chi connectivity index (χ3n) is 4.24. The van der Waals surface area contributed by atoms with E-state index in [1.807, 2.05) is 0 Å². The number of halogens is 4. The van der Waals surface area contributed by atoms with Crippen molar-refractivity contribution in [2.24, 2.45) is 0 Å². The molecule has 0 bridgehead atoms. The monoisotopic (exact) mass is 399 g/mol. The van der Waals surface area contributed by atoms with Crippen molar-refractivity contribution in [3.8, 4) is 10.6 Å². The molecule has 0 saturated carbocycles. The van der Waals surface area contributed by atoms with Crippen LogP contribution < -0.4 is 0 Å². The van der Waals surface area contributed by atoms with Crippen LogP contribution in [0.3, 0.4) is 0 Å². The average Bonchev–Trinajstić information content (AvgIpc) is 3.14. The quantitative estimate of drug-likeness (QED) is 0.649. The van der Waals surface area contributed by atoms with E-state index < -0.39 is 19.1 Å². The number of hydrogen-bond donors (Lipinski definition) is 0. The van der Waals surface area contributed by atoms with Crippen LogP contribution in [0.5, 0.6) is 0 Å². The minimum Gasteiger partial charge on any atom is -0.333 e. The van der Waals surface area contributed by atoms with Crippen molar-refractivity contribution in [1.82, 2.24) is 14.7 Å². The number of fused-ring (bicyclic) bond motifs is 1. The number of carbonyl (C=O) groups is 1. The van der Waals surface area contributed by atoms with Gasteiger partial charge in [-0.25, -0.2) is 13.2 Å². The van der Waals surface area contributed by atoms with Gasteiger partial charge in [-0.05, 0) is 30.3 Å². The van der Waals surface area contributed by atoms with E-state index in [9.17, 15) is 18.0 Å². The maximum Gasteiger partial charge on any atom is 0.257 e. The minimum absolute atomic E-state index is 0.0783. The molecule has 1 aliphatic rings. The minimum atomic E-state index is -2.55. The van der Waals surface area contributed by atoms with E-state index in [2.05, 4.69) is 5.10 Å². The normalized spacial score (nSPS) is 15.0. The first kappa shape index (κ1) is 17.4. The van der Waals surface area contributed by atoms with E-state index >= 15 is 0 Å². The Morgan fingerprint density at radius 2 is 2.08 bits per heavy atom. The number of amides is 1. The fourth-order valence-corrected chi connectivity index (χ4v) is 4.02. The zero-order chi connectivity index (χ0) is 18.4. The highest BCUT2D eigenvalue weighted by Crippen LogP contribution is 2.35. The second-order valence-corrected chi connectivity index (χ2v) is 7.78. The number of benzene rings is 1. The second-order valence-electron chi connectivity index (χ2n) is 6.06. The number of likely N-dealkylation sites (tertiary alicyclic amines) is 1. The molecule has 0 atom stereocenters. The van der Waals surface area contributed by atoms with E-state index in [0.717, 1.165) is 4.88 Å². The highest BCUT2D eigenvalue weighted by Gasteiger charge is 2.31. The smallest absolute Gasteiger partial charge is 0.257 e. The van der Waals surface area contributed by atoms with Crippen LogP contribution in [0.2, 0.25) is 4.34 Å². The first-order valence-electron chi connectivity index (χ1n) is 7.90. The Labute approximate surface area is 155 Å². The molecular weight excluding hydrogens is 387 g/mol. The summed E-state index contributed by atoms with van der Waals surface area (Å²) in [6.45, 7) is -0.387. The van der Waals surface area contributed by atoms with Gasteiger partial charge >= 0.3 is 0 Å². The molecule has 1 saturated heterocycles. The van der Waals surface area contributed by atoms with Crippen LogP contribution in [0.4, 0.5) is 13.2 Å². The molecule has 1 aromatic carbocycles. The molecule has 136 valence electrons. The standard InChI is InChI=1S/C17H13ClF3N3OS/c18-14-4-3-13(26-14)16-11-5-9(17(25)23-6-10(19)7-23)1-2-12(11)24(22-16)8-15(20)21/h1-5,10,15H,6-8H2. The van der Waals surface area contributed by atoms with E-state index in [-0.39, 0.29) is 19.0 Å². The Balaban J connectivity index is 1.80. The van der Waals surface area contributed by atoms with E-state index in [1.165, 1.54) is 20.9 Å². The molecule has 3 heterocycles. The Morgan fingerprint density at radius 3 is 2.69 bits per heavy atom. The molecule has 0 unspecified atom stereocenters. The van der Waals surface area contributed by atoms with Crippen molar-refractivity contribution in [2.75, 3.05) is 13.1 Å². The summed E-state index contributed by atoms with van der Waals surface area (Å²) in [6.07, 6.45) is -3.54. The van der Waals surface area contributed by atoms with Crippen LogP contribution in [0.1, 0.15) is 10.4 Å². The van der Waals surface area contributed by atoms with Crippen LogP contribution in [0.15, 0.2) is 30.3 Å². The zero-order valence-electron chi connectivity index (χ0n) is 13.3. The number of alkyl halides is 3. The maximum atomic E-state index is 13.0. The summed E-state index contributed by atoms with van der Waals surface area (Å²) in [6, 6.07) is 8.25. The number of rotatable bonds is 4. The van der Waals surface area contributed by atoms with Gasteiger partial charge in [0, 0.05) is 10.9 Å². The molecule has 26 heavy (non-hydrogen) atoms. The summed E-state index contributed by atoms with van der Waals surface area (Å²) in [5, 5.41) is 4.90. The van der Waals surface area contributed by atoms with Gasteiger partial charge in [0.2, 0.25) is 0 Å². The van der Waals surface area contributed by atoms with Crippen LogP contribution in [-0.2, 0) is 6.54 Å². The Morgan fingerprint density at radius 1 is 1.31 bits per heavy atom. The van der Waals surface area contributed by atoms with Crippen LogP contribution in [0.25, 0.3) is 21.5 Å². The molecule has 0 spiro atoms. The lowest BCUT2D eigenvalue weighted by Gasteiger charge is -2.34. The fourth-order valence-electron chi connectivity index (χ4n) is 2.98. The highest BCUT2D eigenvalue weighted by atomic mass is 35.5. The fraction of sp³-hybridized carbons (Fsp3) is 0.294. The molecule has 2 aromatic heterocycles. The molecule has 0 aliphatic carbocycles. The van der Waals surface area contributed by atoms with Crippen molar-refractivity contribution in [3.63, 3.8) is 0 Å². The van der Waals surface area contributed by atoms with E-state index in [0.29, 0.717) is 26.5 Å². The second kappa shape index (κ2) is 6.59. The third kappa shape index (κ3) is 3.07. The molecule has 9 heteroatoms. The van der Waals surface area contributed by atoms with Gasteiger partial charge in [0.15, 0.2) is 0 Å². The van der Waals surface area contributed by atoms with Gasteiger partial charge in [-0.3, -0.25) is 9.48 Å². The van der Waals surface area contributed by atoms with E-state index in [1.54, 1.807) is 30.3 Å². The first-order chi connectivity index (χ1) is 12.4.